The summed E-state index contributed by atoms with van der Waals surface area (Å²) in [5.74, 6) is 0.655. The Morgan fingerprint density at radius 2 is 1.82 bits per heavy atom. The molecule has 1 aliphatic heterocycles. The Labute approximate surface area is 106 Å². The Bertz CT molecular complexity index is 195. The topological polar surface area (TPSA) is 32.7 Å². The van der Waals surface area contributed by atoms with Crippen LogP contribution in [0.2, 0.25) is 0 Å². The summed E-state index contributed by atoms with van der Waals surface area (Å²) < 4.78 is 5.35. The largest absolute Gasteiger partial charge is 0.396 e. The van der Waals surface area contributed by atoms with Crippen LogP contribution in [0.25, 0.3) is 0 Å². The molecule has 0 aliphatic carbocycles. The lowest BCUT2D eigenvalue weighted by atomic mass is 9.82. The lowest BCUT2D eigenvalue weighted by molar-refractivity contribution is 0.0337. The van der Waals surface area contributed by atoms with Crippen molar-refractivity contribution in [2.24, 2.45) is 11.3 Å². The number of nitrogens with zero attached hydrogens (tertiary/aromatic N) is 1. The summed E-state index contributed by atoms with van der Waals surface area (Å²) in [6.07, 6.45) is 3.36. The minimum atomic E-state index is 0.323. The van der Waals surface area contributed by atoms with Crippen molar-refractivity contribution in [1.82, 2.24) is 4.90 Å². The van der Waals surface area contributed by atoms with Crippen LogP contribution in [0, 0.1) is 11.3 Å². The molecule has 1 saturated heterocycles. The molecule has 0 amide bonds. The summed E-state index contributed by atoms with van der Waals surface area (Å²) in [4.78, 5) is 2.48. The fraction of sp³-hybridized carbons (Fsp3) is 1.00. The van der Waals surface area contributed by atoms with Gasteiger partial charge in [-0.25, -0.2) is 0 Å². The Morgan fingerprint density at radius 3 is 2.35 bits per heavy atom. The highest BCUT2D eigenvalue weighted by atomic mass is 16.5. The van der Waals surface area contributed by atoms with Crippen molar-refractivity contribution >= 4 is 0 Å². The van der Waals surface area contributed by atoms with Crippen LogP contribution in [0.3, 0.4) is 0 Å². The first kappa shape index (κ1) is 14.9. The first-order valence-electron chi connectivity index (χ1n) is 6.92. The predicted octanol–water partition coefficient (Wildman–Crippen LogP) is 2.14. The van der Waals surface area contributed by atoms with Gasteiger partial charge in [-0.05, 0) is 37.1 Å². The van der Waals surface area contributed by atoms with Gasteiger partial charge in [0.2, 0.25) is 0 Å². The quantitative estimate of drug-likeness (QED) is 0.776. The van der Waals surface area contributed by atoms with Gasteiger partial charge in [-0.3, -0.25) is 4.90 Å². The van der Waals surface area contributed by atoms with Crippen LogP contribution in [0.5, 0.6) is 0 Å². The van der Waals surface area contributed by atoms with E-state index < -0.39 is 0 Å². The number of rotatable bonds is 6. The standard InChI is InChI=1S/C14H29NO2/c1-14(2,3)12-13(5-9-16)4-6-15-7-10-17-11-8-15/h13,16H,4-12H2,1-3H3/t13-/m0/s1. The van der Waals surface area contributed by atoms with E-state index in [-0.39, 0.29) is 0 Å². The van der Waals surface area contributed by atoms with Crippen molar-refractivity contribution in [1.29, 1.82) is 0 Å². The zero-order valence-electron chi connectivity index (χ0n) is 11.7. The molecule has 1 heterocycles. The molecule has 0 spiro atoms. The molecule has 1 atom stereocenters. The Hall–Kier alpha value is -0.120. The van der Waals surface area contributed by atoms with E-state index in [0.717, 1.165) is 39.3 Å². The summed E-state index contributed by atoms with van der Waals surface area (Å²) in [6.45, 7) is 12.2. The van der Waals surface area contributed by atoms with E-state index in [2.05, 4.69) is 25.7 Å². The van der Waals surface area contributed by atoms with E-state index in [1.165, 1.54) is 12.8 Å². The third kappa shape index (κ3) is 7.02. The van der Waals surface area contributed by atoms with Gasteiger partial charge in [0, 0.05) is 19.7 Å². The van der Waals surface area contributed by atoms with Crippen LogP contribution >= 0.6 is 0 Å². The van der Waals surface area contributed by atoms with Gasteiger partial charge in [0.25, 0.3) is 0 Å². The van der Waals surface area contributed by atoms with Gasteiger partial charge < -0.3 is 9.84 Å². The summed E-state index contributed by atoms with van der Waals surface area (Å²) in [7, 11) is 0. The average molecular weight is 243 g/mol. The second-order valence-corrected chi connectivity index (χ2v) is 6.39. The monoisotopic (exact) mass is 243 g/mol. The third-order valence-electron chi connectivity index (χ3n) is 3.40. The van der Waals surface area contributed by atoms with Crippen LogP contribution in [0.15, 0.2) is 0 Å². The molecule has 3 heteroatoms. The van der Waals surface area contributed by atoms with Crippen LogP contribution < -0.4 is 0 Å². The van der Waals surface area contributed by atoms with E-state index in [9.17, 15) is 0 Å². The minimum absolute atomic E-state index is 0.323. The summed E-state index contributed by atoms with van der Waals surface area (Å²) in [6, 6.07) is 0. The van der Waals surface area contributed by atoms with E-state index >= 15 is 0 Å². The molecule has 3 nitrogen and oxygen atoms in total. The molecule has 102 valence electrons. The highest BCUT2D eigenvalue weighted by Crippen LogP contribution is 2.28. The molecule has 1 fully saturated rings. The summed E-state index contributed by atoms with van der Waals surface area (Å²) in [5, 5.41) is 9.14. The van der Waals surface area contributed by atoms with Gasteiger partial charge >= 0.3 is 0 Å². The molecule has 0 unspecified atom stereocenters. The van der Waals surface area contributed by atoms with E-state index in [4.69, 9.17) is 9.84 Å². The Morgan fingerprint density at radius 1 is 1.18 bits per heavy atom. The fourth-order valence-electron chi connectivity index (χ4n) is 2.59. The zero-order valence-corrected chi connectivity index (χ0v) is 11.7. The molecule has 0 aromatic rings. The first-order valence-corrected chi connectivity index (χ1v) is 6.92. The smallest absolute Gasteiger partial charge is 0.0594 e. The maximum Gasteiger partial charge on any atom is 0.0594 e. The molecule has 0 aromatic heterocycles. The lowest BCUT2D eigenvalue weighted by Gasteiger charge is -2.30. The van der Waals surface area contributed by atoms with Gasteiger partial charge in [-0.2, -0.15) is 0 Å². The molecule has 1 aliphatic rings. The van der Waals surface area contributed by atoms with Crippen molar-refractivity contribution in [3.05, 3.63) is 0 Å². The van der Waals surface area contributed by atoms with Gasteiger partial charge in [0.1, 0.15) is 0 Å². The fourth-order valence-corrected chi connectivity index (χ4v) is 2.59. The van der Waals surface area contributed by atoms with Crippen molar-refractivity contribution in [3.63, 3.8) is 0 Å². The van der Waals surface area contributed by atoms with Crippen molar-refractivity contribution < 1.29 is 9.84 Å². The maximum absolute atomic E-state index is 9.14. The highest BCUT2D eigenvalue weighted by molar-refractivity contribution is 4.72. The van der Waals surface area contributed by atoms with E-state index in [1.807, 2.05) is 0 Å². The number of aliphatic hydroxyl groups is 1. The molecule has 0 radical (unpaired) electrons. The van der Waals surface area contributed by atoms with Crippen LogP contribution in [0.4, 0.5) is 0 Å². The molecular formula is C14H29NO2. The SMILES string of the molecule is CC(C)(C)C[C@H](CCO)CCN1CCOCC1. The van der Waals surface area contributed by atoms with Gasteiger partial charge in [-0.1, -0.05) is 20.8 Å². The molecule has 0 bridgehead atoms. The van der Waals surface area contributed by atoms with Crippen LogP contribution in [-0.2, 0) is 4.74 Å². The second kappa shape index (κ2) is 7.34. The molecule has 0 aromatic carbocycles. The molecule has 0 saturated carbocycles. The van der Waals surface area contributed by atoms with Crippen LogP contribution in [-0.4, -0.2) is 49.5 Å². The average Bonchev–Trinajstić information content (AvgIpc) is 2.26. The molecular weight excluding hydrogens is 214 g/mol. The van der Waals surface area contributed by atoms with Crippen molar-refractivity contribution in [2.45, 2.75) is 40.0 Å². The van der Waals surface area contributed by atoms with E-state index in [0.29, 0.717) is 17.9 Å². The number of ether oxygens (including phenoxy) is 1. The highest BCUT2D eigenvalue weighted by Gasteiger charge is 2.19. The number of morpholine rings is 1. The number of hydrogen-bond acceptors (Lipinski definition) is 3. The second-order valence-electron chi connectivity index (χ2n) is 6.39. The zero-order chi connectivity index (χ0) is 12.7. The molecule has 1 rings (SSSR count). The normalized spacial score (nSPS) is 20.5. The maximum atomic E-state index is 9.14. The summed E-state index contributed by atoms with van der Waals surface area (Å²) in [5.41, 5.74) is 0.366. The van der Waals surface area contributed by atoms with E-state index in [1.54, 1.807) is 0 Å². The number of hydrogen-bond donors (Lipinski definition) is 1. The Kier molecular flexibility index (Phi) is 6.45. The lowest BCUT2D eigenvalue weighted by Crippen LogP contribution is -2.37. The van der Waals surface area contributed by atoms with Crippen molar-refractivity contribution in [2.75, 3.05) is 39.5 Å². The van der Waals surface area contributed by atoms with Gasteiger partial charge in [0.05, 0.1) is 13.2 Å². The van der Waals surface area contributed by atoms with Crippen LogP contribution in [0.1, 0.15) is 40.0 Å². The van der Waals surface area contributed by atoms with Gasteiger partial charge in [0.15, 0.2) is 0 Å². The van der Waals surface area contributed by atoms with Gasteiger partial charge in [-0.15, -0.1) is 0 Å². The molecule has 1 N–H and O–H groups in total. The third-order valence-corrected chi connectivity index (χ3v) is 3.40. The first-order chi connectivity index (χ1) is 8.01. The summed E-state index contributed by atoms with van der Waals surface area (Å²) >= 11 is 0. The van der Waals surface area contributed by atoms with Crippen molar-refractivity contribution in [3.8, 4) is 0 Å². The number of aliphatic hydroxyl groups excluding tert-OH is 1. The Balaban J connectivity index is 2.27. The molecule has 17 heavy (non-hydrogen) atoms. The predicted molar refractivity (Wildman–Crippen MR) is 71.1 cm³/mol. The minimum Gasteiger partial charge on any atom is -0.396 e.